The van der Waals surface area contributed by atoms with E-state index in [0.717, 1.165) is 17.7 Å². The first-order chi connectivity index (χ1) is 12.5. The highest BCUT2D eigenvalue weighted by molar-refractivity contribution is 7.89. The largest absolute Gasteiger partial charge is 0.494 e. The number of nitrogens with one attached hydrogen (secondary N) is 1. The van der Waals surface area contributed by atoms with E-state index >= 15 is 0 Å². The molecule has 1 atom stereocenters. The number of sulfonamides is 1. The maximum absolute atomic E-state index is 12.3. The standard InChI is InChI=1S/C18H27N3O4S/c1-3-12-25-17-9-7-15(8-10-17)13-19-20-18(22)16-6-5-11-21(14-16)26(23,24)4-2/h7-10,13,16H,3-6,11-12,14H2,1-2H3,(H,20,22)/b19-13-/t16-/m1/s1. The van der Waals surface area contributed by atoms with Crippen LogP contribution in [0, 0.1) is 5.92 Å². The van der Waals surface area contributed by atoms with E-state index in [-0.39, 0.29) is 24.1 Å². The van der Waals surface area contributed by atoms with Crippen LogP contribution in [-0.4, -0.2) is 50.3 Å². The van der Waals surface area contributed by atoms with E-state index in [1.165, 1.54) is 4.31 Å². The van der Waals surface area contributed by atoms with Crippen molar-refractivity contribution in [1.29, 1.82) is 0 Å². The Hall–Kier alpha value is -1.93. The zero-order valence-corrected chi connectivity index (χ0v) is 16.2. The fraction of sp³-hybridized carbons (Fsp3) is 0.556. The van der Waals surface area contributed by atoms with Gasteiger partial charge < -0.3 is 4.74 Å². The van der Waals surface area contributed by atoms with Gasteiger partial charge in [-0.3, -0.25) is 4.79 Å². The van der Waals surface area contributed by atoms with Crippen molar-refractivity contribution in [3.05, 3.63) is 29.8 Å². The molecule has 0 radical (unpaired) electrons. The van der Waals surface area contributed by atoms with E-state index in [1.54, 1.807) is 13.1 Å². The van der Waals surface area contributed by atoms with Gasteiger partial charge in [0.2, 0.25) is 15.9 Å². The summed E-state index contributed by atoms with van der Waals surface area (Å²) in [6, 6.07) is 7.43. The maximum Gasteiger partial charge on any atom is 0.244 e. The zero-order chi connectivity index (χ0) is 19.0. The second kappa shape index (κ2) is 9.68. The van der Waals surface area contributed by atoms with E-state index in [0.29, 0.717) is 26.0 Å². The molecule has 1 aromatic rings. The van der Waals surface area contributed by atoms with Gasteiger partial charge in [0.1, 0.15) is 5.75 Å². The normalized spacial score (nSPS) is 18.8. The van der Waals surface area contributed by atoms with Gasteiger partial charge in [0, 0.05) is 13.1 Å². The Morgan fingerprint density at radius 1 is 1.35 bits per heavy atom. The van der Waals surface area contributed by atoms with Crippen molar-refractivity contribution in [2.24, 2.45) is 11.0 Å². The Morgan fingerprint density at radius 2 is 2.08 bits per heavy atom. The zero-order valence-electron chi connectivity index (χ0n) is 15.3. The van der Waals surface area contributed by atoms with Gasteiger partial charge in [-0.15, -0.1) is 0 Å². The van der Waals surface area contributed by atoms with Crippen molar-refractivity contribution >= 4 is 22.1 Å². The third-order valence-electron chi connectivity index (χ3n) is 4.25. The minimum atomic E-state index is -3.26. The van der Waals surface area contributed by atoms with Crippen LogP contribution in [0.3, 0.4) is 0 Å². The predicted octanol–water partition coefficient (Wildman–Crippen LogP) is 1.99. The number of ether oxygens (including phenoxy) is 1. The number of hydrazone groups is 1. The number of piperidine rings is 1. The second-order valence-electron chi connectivity index (χ2n) is 6.25. The number of amides is 1. The molecule has 1 aliphatic heterocycles. The Kier molecular flexibility index (Phi) is 7.59. The molecule has 0 bridgehead atoms. The molecular formula is C18H27N3O4S. The molecule has 144 valence electrons. The van der Waals surface area contributed by atoms with Gasteiger partial charge in [0.15, 0.2) is 0 Å². The SMILES string of the molecule is CCCOc1ccc(/C=N\NC(=O)[C@@H]2CCCN(S(=O)(=O)CC)C2)cc1. The van der Waals surface area contributed by atoms with Gasteiger partial charge in [0.05, 0.1) is 24.5 Å². The van der Waals surface area contributed by atoms with Gasteiger partial charge in [-0.25, -0.2) is 18.1 Å². The molecule has 1 fully saturated rings. The number of hydrogen-bond acceptors (Lipinski definition) is 5. The van der Waals surface area contributed by atoms with Crippen molar-refractivity contribution in [3.63, 3.8) is 0 Å². The number of rotatable bonds is 8. The van der Waals surface area contributed by atoms with Crippen LogP contribution in [0.2, 0.25) is 0 Å². The van der Waals surface area contributed by atoms with Gasteiger partial charge in [-0.05, 0) is 56.0 Å². The number of carbonyl (C=O) groups is 1. The summed E-state index contributed by atoms with van der Waals surface area (Å²) in [6.07, 6.45) is 3.86. The van der Waals surface area contributed by atoms with E-state index in [4.69, 9.17) is 4.74 Å². The molecule has 1 aliphatic rings. The first-order valence-corrected chi connectivity index (χ1v) is 10.6. The molecule has 8 heteroatoms. The van der Waals surface area contributed by atoms with Crippen molar-refractivity contribution in [2.75, 3.05) is 25.4 Å². The molecule has 0 saturated carbocycles. The first-order valence-electron chi connectivity index (χ1n) is 9.00. The van der Waals surface area contributed by atoms with Gasteiger partial charge >= 0.3 is 0 Å². The van der Waals surface area contributed by atoms with Crippen molar-refractivity contribution in [1.82, 2.24) is 9.73 Å². The van der Waals surface area contributed by atoms with Crippen LogP contribution in [-0.2, 0) is 14.8 Å². The minimum Gasteiger partial charge on any atom is -0.494 e. The Morgan fingerprint density at radius 3 is 2.73 bits per heavy atom. The molecule has 1 N–H and O–H groups in total. The summed E-state index contributed by atoms with van der Waals surface area (Å²) in [4.78, 5) is 12.3. The highest BCUT2D eigenvalue weighted by Gasteiger charge is 2.31. The van der Waals surface area contributed by atoms with Crippen molar-refractivity contribution < 1.29 is 17.9 Å². The smallest absolute Gasteiger partial charge is 0.244 e. The fourth-order valence-corrected chi connectivity index (χ4v) is 3.90. The summed E-state index contributed by atoms with van der Waals surface area (Å²) in [5.74, 6) is 0.233. The van der Waals surface area contributed by atoms with Crippen molar-refractivity contribution in [2.45, 2.75) is 33.1 Å². The van der Waals surface area contributed by atoms with Gasteiger partial charge in [-0.1, -0.05) is 6.92 Å². The van der Waals surface area contributed by atoms with Crippen LogP contribution < -0.4 is 10.2 Å². The lowest BCUT2D eigenvalue weighted by atomic mass is 9.99. The average molecular weight is 381 g/mol. The predicted molar refractivity (Wildman–Crippen MR) is 102 cm³/mol. The fourth-order valence-electron chi connectivity index (χ4n) is 2.72. The molecule has 0 unspecified atom stereocenters. The van der Waals surface area contributed by atoms with Crippen LogP contribution in [0.15, 0.2) is 29.4 Å². The average Bonchev–Trinajstić information content (AvgIpc) is 2.67. The second-order valence-corrected chi connectivity index (χ2v) is 8.51. The molecule has 1 heterocycles. The van der Waals surface area contributed by atoms with Crippen LogP contribution in [0.25, 0.3) is 0 Å². The monoisotopic (exact) mass is 381 g/mol. The lowest BCUT2D eigenvalue weighted by molar-refractivity contribution is -0.126. The lowest BCUT2D eigenvalue weighted by Gasteiger charge is -2.30. The molecule has 0 spiro atoms. The number of benzene rings is 1. The third kappa shape index (κ3) is 5.81. The van der Waals surface area contributed by atoms with Crippen LogP contribution in [0.1, 0.15) is 38.7 Å². The molecule has 1 amide bonds. The molecule has 0 aromatic heterocycles. The Labute approximate surface area is 155 Å². The molecule has 0 aliphatic carbocycles. The van der Waals surface area contributed by atoms with Crippen LogP contribution in [0.5, 0.6) is 5.75 Å². The molecule has 7 nitrogen and oxygen atoms in total. The molecule has 26 heavy (non-hydrogen) atoms. The van der Waals surface area contributed by atoms with E-state index in [9.17, 15) is 13.2 Å². The Balaban J connectivity index is 1.86. The van der Waals surface area contributed by atoms with Gasteiger partial charge in [-0.2, -0.15) is 5.10 Å². The molecule has 1 aromatic carbocycles. The maximum atomic E-state index is 12.3. The quantitative estimate of drug-likeness (QED) is 0.551. The van der Waals surface area contributed by atoms with E-state index in [1.807, 2.05) is 31.2 Å². The highest BCUT2D eigenvalue weighted by Crippen LogP contribution is 2.19. The minimum absolute atomic E-state index is 0.0530. The Bertz CT molecular complexity index is 716. The topological polar surface area (TPSA) is 88.1 Å². The summed E-state index contributed by atoms with van der Waals surface area (Å²) >= 11 is 0. The summed E-state index contributed by atoms with van der Waals surface area (Å²) in [6.45, 7) is 5.04. The van der Waals surface area contributed by atoms with Crippen LogP contribution in [0.4, 0.5) is 0 Å². The molecular weight excluding hydrogens is 354 g/mol. The number of nitrogens with zero attached hydrogens (tertiary/aromatic N) is 2. The van der Waals surface area contributed by atoms with E-state index in [2.05, 4.69) is 10.5 Å². The molecule has 1 saturated heterocycles. The summed E-state index contributed by atoms with van der Waals surface area (Å²) < 4.78 is 30.9. The summed E-state index contributed by atoms with van der Waals surface area (Å²) in [5, 5.41) is 3.98. The van der Waals surface area contributed by atoms with Crippen LogP contribution >= 0.6 is 0 Å². The summed E-state index contributed by atoms with van der Waals surface area (Å²) in [5.41, 5.74) is 3.36. The number of carbonyl (C=O) groups excluding carboxylic acids is 1. The third-order valence-corrected chi connectivity index (χ3v) is 6.10. The van der Waals surface area contributed by atoms with E-state index < -0.39 is 10.0 Å². The van der Waals surface area contributed by atoms with Gasteiger partial charge in [0.25, 0.3) is 0 Å². The lowest BCUT2D eigenvalue weighted by Crippen LogP contribution is -2.45. The number of hydrogen-bond donors (Lipinski definition) is 1. The highest BCUT2D eigenvalue weighted by atomic mass is 32.2. The first kappa shape index (κ1) is 20.4. The summed E-state index contributed by atoms with van der Waals surface area (Å²) in [7, 11) is -3.26. The molecule has 2 rings (SSSR count). The van der Waals surface area contributed by atoms with Crippen molar-refractivity contribution in [3.8, 4) is 5.75 Å².